The molecule has 1 heterocycles. The van der Waals surface area contributed by atoms with Gasteiger partial charge >= 0.3 is 0 Å². The van der Waals surface area contributed by atoms with E-state index in [0.29, 0.717) is 5.96 Å². The lowest BCUT2D eigenvalue weighted by atomic mass is 9.83. The number of nitrogens with zero attached hydrogens (tertiary/aromatic N) is 3. The van der Waals surface area contributed by atoms with Gasteiger partial charge in [-0.15, -0.1) is 0 Å². The van der Waals surface area contributed by atoms with Gasteiger partial charge in [0.2, 0.25) is 0 Å². The summed E-state index contributed by atoms with van der Waals surface area (Å²) in [5.74, 6) is 0.653. The van der Waals surface area contributed by atoms with Gasteiger partial charge in [-0.25, -0.2) is 0 Å². The topological polar surface area (TPSA) is 65.1 Å². The molecule has 1 aliphatic carbocycles. The Labute approximate surface area is 155 Å². The number of hydrogen-bond acceptors (Lipinski definition) is 3. The summed E-state index contributed by atoms with van der Waals surface area (Å²) in [6.07, 6.45) is 5.65. The molecule has 1 aliphatic heterocycles. The number of piperazine rings is 1. The van der Waals surface area contributed by atoms with Gasteiger partial charge in [0.1, 0.15) is 0 Å². The Balaban J connectivity index is 1.54. The zero-order valence-electron chi connectivity index (χ0n) is 14.8. The van der Waals surface area contributed by atoms with E-state index in [9.17, 15) is 5.11 Å². The summed E-state index contributed by atoms with van der Waals surface area (Å²) in [4.78, 5) is 9.23. The van der Waals surface area contributed by atoms with E-state index in [1.54, 1.807) is 0 Å². The van der Waals surface area contributed by atoms with E-state index in [1.165, 1.54) is 18.5 Å². The maximum Gasteiger partial charge on any atom is 0.191 e. The van der Waals surface area contributed by atoms with E-state index in [1.807, 2.05) is 12.1 Å². The van der Waals surface area contributed by atoms with Crippen LogP contribution in [-0.2, 0) is 0 Å². The fourth-order valence-electron chi connectivity index (χ4n) is 4.04. The van der Waals surface area contributed by atoms with Crippen molar-refractivity contribution < 1.29 is 5.11 Å². The predicted molar refractivity (Wildman–Crippen MR) is 104 cm³/mol. The SMILES string of the molecule is NC(=NCC1(CCO)CCCC1)N1CCN(c2ccc(Cl)cc2)CC1. The van der Waals surface area contributed by atoms with Crippen LogP contribution < -0.4 is 10.6 Å². The molecule has 0 spiro atoms. The maximum atomic E-state index is 9.36. The van der Waals surface area contributed by atoms with E-state index in [4.69, 9.17) is 22.3 Å². The molecule has 1 saturated carbocycles. The molecule has 5 nitrogen and oxygen atoms in total. The highest BCUT2D eigenvalue weighted by atomic mass is 35.5. The summed E-state index contributed by atoms with van der Waals surface area (Å²) in [5, 5.41) is 10.1. The van der Waals surface area contributed by atoms with Crippen molar-refractivity contribution in [3.63, 3.8) is 0 Å². The quantitative estimate of drug-likeness (QED) is 0.622. The smallest absolute Gasteiger partial charge is 0.191 e. The molecule has 3 rings (SSSR count). The van der Waals surface area contributed by atoms with E-state index in [-0.39, 0.29) is 12.0 Å². The van der Waals surface area contributed by atoms with Crippen molar-refractivity contribution in [3.8, 4) is 0 Å². The molecule has 0 unspecified atom stereocenters. The Morgan fingerprint density at radius 2 is 1.76 bits per heavy atom. The maximum absolute atomic E-state index is 9.36. The van der Waals surface area contributed by atoms with Gasteiger partial charge < -0.3 is 20.6 Å². The van der Waals surface area contributed by atoms with Crippen molar-refractivity contribution in [1.82, 2.24) is 4.90 Å². The Morgan fingerprint density at radius 3 is 2.36 bits per heavy atom. The minimum absolute atomic E-state index is 0.171. The number of aliphatic hydroxyl groups is 1. The highest BCUT2D eigenvalue weighted by Crippen LogP contribution is 2.41. The molecule has 0 radical (unpaired) electrons. The lowest BCUT2D eigenvalue weighted by Gasteiger charge is -2.37. The van der Waals surface area contributed by atoms with Crippen LogP contribution in [0, 0.1) is 5.41 Å². The van der Waals surface area contributed by atoms with Gasteiger partial charge in [0.25, 0.3) is 0 Å². The van der Waals surface area contributed by atoms with Crippen LogP contribution in [-0.4, -0.2) is 55.3 Å². The Morgan fingerprint density at radius 1 is 1.12 bits per heavy atom. The lowest BCUT2D eigenvalue weighted by molar-refractivity contribution is 0.190. The number of benzene rings is 1. The molecular formula is C19H29ClN4O. The van der Waals surface area contributed by atoms with Crippen molar-refractivity contribution >= 4 is 23.2 Å². The molecule has 138 valence electrons. The first-order chi connectivity index (χ1) is 12.1. The van der Waals surface area contributed by atoms with E-state index in [0.717, 1.165) is 57.0 Å². The average Bonchev–Trinajstić information content (AvgIpc) is 3.10. The number of nitrogens with two attached hydrogens (primary N) is 1. The number of anilines is 1. The van der Waals surface area contributed by atoms with Crippen LogP contribution in [0.5, 0.6) is 0 Å². The molecule has 2 fully saturated rings. The fourth-order valence-corrected chi connectivity index (χ4v) is 4.17. The van der Waals surface area contributed by atoms with Crippen LogP contribution in [0.4, 0.5) is 5.69 Å². The molecule has 0 atom stereocenters. The molecule has 2 aliphatic rings. The van der Waals surface area contributed by atoms with Gasteiger partial charge in [-0.1, -0.05) is 24.4 Å². The summed E-state index contributed by atoms with van der Waals surface area (Å²) >= 11 is 5.96. The van der Waals surface area contributed by atoms with E-state index < -0.39 is 0 Å². The van der Waals surface area contributed by atoms with Gasteiger partial charge in [-0.05, 0) is 48.9 Å². The second-order valence-electron chi connectivity index (χ2n) is 7.31. The summed E-state index contributed by atoms with van der Waals surface area (Å²) < 4.78 is 0. The molecule has 0 bridgehead atoms. The first-order valence-electron chi connectivity index (χ1n) is 9.28. The molecule has 25 heavy (non-hydrogen) atoms. The number of rotatable bonds is 5. The second-order valence-corrected chi connectivity index (χ2v) is 7.74. The number of guanidine groups is 1. The third kappa shape index (κ3) is 4.59. The van der Waals surface area contributed by atoms with E-state index in [2.05, 4.69) is 21.9 Å². The van der Waals surface area contributed by atoms with Crippen LogP contribution in [0.25, 0.3) is 0 Å². The number of aliphatic imine (C=N–C) groups is 1. The fraction of sp³-hybridized carbons (Fsp3) is 0.632. The molecule has 1 aromatic rings. The van der Waals surface area contributed by atoms with Gasteiger partial charge in [0.05, 0.1) is 0 Å². The van der Waals surface area contributed by atoms with Gasteiger partial charge in [0, 0.05) is 50.0 Å². The summed E-state index contributed by atoms with van der Waals surface area (Å²) in [6.45, 7) is 4.61. The molecule has 1 aromatic carbocycles. The minimum atomic E-state index is 0.171. The first-order valence-corrected chi connectivity index (χ1v) is 9.66. The largest absolute Gasteiger partial charge is 0.396 e. The molecule has 0 aromatic heterocycles. The van der Waals surface area contributed by atoms with Crippen molar-refractivity contribution in [2.45, 2.75) is 32.1 Å². The zero-order valence-corrected chi connectivity index (χ0v) is 15.6. The van der Waals surface area contributed by atoms with Crippen LogP contribution >= 0.6 is 11.6 Å². The molecule has 1 saturated heterocycles. The predicted octanol–water partition coefficient (Wildman–Crippen LogP) is 2.72. The molecule has 0 amide bonds. The average molecular weight is 365 g/mol. The summed E-state index contributed by atoms with van der Waals surface area (Å²) in [7, 11) is 0. The Hall–Kier alpha value is -1.46. The third-order valence-electron chi connectivity index (χ3n) is 5.68. The van der Waals surface area contributed by atoms with E-state index >= 15 is 0 Å². The van der Waals surface area contributed by atoms with Crippen molar-refractivity contribution in [2.75, 3.05) is 44.2 Å². The van der Waals surface area contributed by atoms with Crippen LogP contribution in [0.2, 0.25) is 5.02 Å². The van der Waals surface area contributed by atoms with Crippen molar-refractivity contribution in [3.05, 3.63) is 29.3 Å². The van der Waals surface area contributed by atoms with Gasteiger partial charge in [-0.2, -0.15) is 0 Å². The van der Waals surface area contributed by atoms with Crippen LogP contribution in [0.1, 0.15) is 32.1 Å². The van der Waals surface area contributed by atoms with Gasteiger partial charge in [0.15, 0.2) is 5.96 Å². The first kappa shape index (κ1) is 18.3. The summed E-state index contributed by atoms with van der Waals surface area (Å²) in [6, 6.07) is 7.99. The molecule has 6 heteroatoms. The number of halogens is 1. The summed E-state index contributed by atoms with van der Waals surface area (Å²) in [5.41, 5.74) is 7.64. The van der Waals surface area contributed by atoms with Crippen LogP contribution in [0.3, 0.4) is 0 Å². The number of aliphatic hydroxyl groups excluding tert-OH is 1. The highest BCUT2D eigenvalue weighted by molar-refractivity contribution is 6.30. The lowest BCUT2D eigenvalue weighted by Crippen LogP contribution is -2.51. The molecule has 3 N–H and O–H groups in total. The second kappa shape index (κ2) is 8.28. The van der Waals surface area contributed by atoms with Crippen molar-refractivity contribution in [1.29, 1.82) is 0 Å². The molecular weight excluding hydrogens is 336 g/mol. The Bertz CT molecular complexity index is 576. The highest BCUT2D eigenvalue weighted by Gasteiger charge is 2.33. The monoisotopic (exact) mass is 364 g/mol. The van der Waals surface area contributed by atoms with Crippen LogP contribution in [0.15, 0.2) is 29.3 Å². The van der Waals surface area contributed by atoms with Gasteiger partial charge in [-0.3, -0.25) is 4.99 Å². The standard InChI is InChI=1S/C19H29ClN4O/c20-16-3-5-17(6-4-16)23-10-12-24(13-11-23)18(21)22-15-19(9-14-25)7-1-2-8-19/h3-6,25H,1-2,7-15H2,(H2,21,22). The third-order valence-corrected chi connectivity index (χ3v) is 5.93. The minimum Gasteiger partial charge on any atom is -0.396 e. The number of hydrogen-bond donors (Lipinski definition) is 2. The zero-order chi connectivity index (χ0) is 17.7. The normalized spacial score (nSPS) is 21.0. The van der Waals surface area contributed by atoms with Crippen molar-refractivity contribution in [2.24, 2.45) is 16.1 Å². The Kier molecular flexibility index (Phi) is 6.07.